The van der Waals surface area contributed by atoms with E-state index >= 15 is 0 Å². The van der Waals surface area contributed by atoms with Crippen LogP contribution in [-0.2, 0) is 18.6 Å². The SMILES string of the molecule is CC.COC(=O)NC(C(=O)NCCCC[C@@H](COP(=O)(O)O)N(CC(C)C)Sc1ccc(N)cc1)C(c1ccccc1)c1ccccc1. The molecule has 3 aromatic carbocycles. The van der Waals surface area contributed by atoms with Crippen LogP contribution < -0.4 is 16.4 Å². The summed E-state index contributed by atoms with van der Waals surface area (Å²) in [7, 11) is -3.43. The molecule has 0 heterocycles. The van der Waals surface area contributed by atoms with Crippen molar-refractivity contribution in [3.63, 3.8) is 0 Å². The molecule has 0 aliphatic heterocycles. The highest BCUT2D eigenvalue weighted by atomic mass is 32.2. The van der Waals surface area contributed by atoms with Gasteiger partial charge in [0, 0.05) is 35.6 Å². The van der Waals surface area contributed by atoms with Crippen molar-refractivity contribution in [2.75, 3.05) is 32.5 Å². The number of amides is 2. The van der Waals surface area contributed by atoms with E-state index in [4.69, 9.17) is 15.0 Å². The summed E-state index contributed by atoms with van der Waals surface area (Å²) in [6.07, 6.45) is 1.08. The maximum absolute atomic E-state index is 13.6. The van der Waals surface area contributed by atoms with Crippen molar-refractivity contribution in [2.24, 2.45) is 5.92 Å². The van der Waals surface area contributed by atoms with Crippen LogP contribution in [0.4, 0.5) is 10.5 Å². The molecule has 0 bridgehead atoms. The van der Waals surface area contributed by atoms with Crippen molar-refractivity contribution in [3.05, 3.63) is 96.1 Å². The normalized spacial score (nSPS) is 12.6. The molecule has 0 radical (unpaired) electrons. The number of anilines is 1. The van der Waals surface area contributed by atoms with Crippen LogP contribution >= 0.6 is 19.8 Å². The average molecular weight is 703 g/mol. The van der Waals surface area contributed by atoms with Crippen molar-refractivity contribution in [3.8, 4) is 0 Å². The molecule has 11 nitrogen and oxygen atoms in total. The zero-order valence-corrected chi connectivity index (χ0v) is 30.2. The second-order valence-electron chi connectivity index (χ2n) is 11.3. The number of rotatable bonds is 18. The van der Waals surface area contributed by atoms with Gasteiger partial charge in [0.25, 0.3) is 0 Å². The fourth-order valence-electron chi connectivity index (χ4n) is 4.99. The summed E-state index contributed by atoms with van der Waals surface area (Å²) in [5, 5.41) is 5.71. The van der Waals surface area contributed by atoms with E-state index in [1.165, 1.54) is 19.1 Å². The number of carbonyl (C=O) groups is 2. The van der Waals surface area contributed by atoms with E-state index in [0.717, 1.165) is 16.0 Å². The van der Waals surface area contributed by atoms with Crippen molar-refractivity contribution in [1.29, 1.82) is 0 Å². The lowest BCUT2D eigenvalue weighted by Gasteiger charge is -2.32. The first-order chi connectivity index (χ1) is 23.0. The molecule has 0 spiro atoms. The zero-order valence-electron chi connectivity index (χ0n) is 28.5. The molecule has 3 aromatic rings. The van der Waals surface area contributed by atoms with E-state index < -0.39 is 25.9 Å². The third-order valence-electron chi connectivity index (χ3n) is 7.15. The molecule has 3 rings (SSSR count). The number of alkyl carbamates (subject to hydrolysis) is 1. The van der Waals surface area contributed by atoms with Crippen molar-refractivity contribution < 1.29 is 33.2 Å². The number of methoxy groups -OCH3 is 1. The number of nitrogens with zero attached hydrogens (tertiary/aromatic N) is 1. The van der Waals surface area contributed by atoms with Gasteiger partial charge >= 0.3 is 13.9 Å². The largest absolute Gasteiger partial charge is 0.469 e. The van der Waals surface area contributed by atoms with Gasteiger partial charge in [-0.2, -0.15) is 0 Å². The van der Waals surface area contributed by atoms with Gasteiger partial charge in [0.2, 0.25) is 5.91 Å². The summed E-state index contributed by atoms with van der Waals surface area (Å²) in [4.78, 5) is 45.8. The van der Waals surface area contributed by atoms with E-state index in [-0.39, 0.29) is 24.5 Å². The Morgan fingerprint density at radius 1 is 0.917 bits per heavy atom. The number of carbonyl (C=O) groups excluding carboxylic acids is 2. The second-order valence-corrected chi connectivity index (χ2v) is 13.7. The summed E-state index contributed by atoms with van der Waals surface area (Å²) < 4.78 is 23.5. The number of phosphoric acid groups is 1. The number of hydrogen-bond donors (Lipinski definition) is 5. The topological polar surface area (TPSA) is 163 Å². The fourth-order valence-corrected chi connectivity index (χ4v) is 6.57. The van der Waals surface area contributed by atoms with Gasteiger partial charge in [0.15, 0.2) is 0 Å². The number of unbranched alkanes of at least 4 members (excludes halogenated alkanes) is 1. The maximum Gasteiger partial charge on any atom is 0.469 e. The lowest BCUT2D eigenvalue weighted by atomic mass is 9.84. The van der Waals surface area contributed by atoms with Crippen LogP contribution in [0.2, 0.25) is 0 Å². The fraction of sp³-hybridized carbons (Fsp3) is 0.429. The van der Waals surface area contributed by atoms with Crippen LogP contribution in [0, 0.1) is 5.92 Å². The minimum Gasteiger partial charge on any atom is -0.453 e. The standard InChI is InChI=1S/C33H45N4O7PS.C2H6/c1-24(2)22-37(46-29-19-17-27(34)18-20-29)28(23-44-45(40,41)42)16-10-11-21-35-32(38)31(36-33(39)43-3)30(25-12-6-4-7-13-25)26-14-8-5-9-15-26;1-2/h4-9,12-15,17-20,24,28,30-31H,10-11,16,21-23,34H2,1-3H3,(H,35,38)(H,36,39)(H2,40,41,42);1-2H3/t28-,31?;/m0./s1. The molecule has 0 aromatic heterocycles. The quantitative estimate of drug-likeness (QED) is 0.0423. The Morgan fingerprint density at radius 2 is 1.48 bits per heavy atom. The van der Waals surface area contributed by atoms with E-state index in [2.05, 4.69) is 28.8 Å². The molecule has 2 atom stereocenters. The molecule has 264 valence electrons. The summed E-state index contributed by atoms with van der Waals surface area (Å²) in [5.41, 5.74) is 8.22. The Labute approximate surface area is 289 Å². The lowest BCUT2D eigenvalue weighted by molar-refractivity contribution is -0.123. The van der Waals surface area contributed by atoms with Crippen LogP contribution in [0.5, 0.6) is 0 Å². The summed E-state index contributed by atoms with van der Waals surface area (Å²) in [6, 6.07) is 25.2. The van der Waals surface area contributed by atoms with Crippen LogP contribution in [0.1, 0.15) is 64.0 Å². The maximum atomic E-state index is 13.6. The van der Waals surface area contributed by atoms with Crippen molar-refractivity contribution >= 4 is 37.5 Å². The van der Waals surface area contributed by atoms with Gasteiger partial charge in [-0.3, -0.25) is 9.32 Å². The van der Waals surface area contributed by atoms with Crippen LogP contribution in [0.3, 0.4) is 0 Å². The van der Waals surface area contributed by atoms with Gasteiger partial charge in [-0.25, -0.2) is 13.7 Å². The first kappa shape index (κ1) is 40.8. The van der Waals surface area contributed by atoms with Gasteiger partial charge in [0.1, 0.15) is 6.04 Å². The molecule has 48 heavy (non-hydrogen) atoms. The molecular weight excluding hydrogens is 651 g/mol. The highest BCUT2D eigenvalue weighted by Crippen LogP contribution is 2.38. The molecule has 0 aliphatic rings. The number of benzene rings is 3. The number of nitrogens with one attached hydrogen (secondary N) is 2. The molecule has 0 saturated heterocycles. The van der Waals surface area contributed by atoms with Crippen molar-refractivity contribution in [2.45, 2.75) is 69.9 Å². The van der Waals surface area contributed by atoms with Gasteiger partial charge < -0.3 is 30.9 Å². The molecule has 13 heteroatoms. The van der Waals surface area contributed by atoms with Gasteiger partial charge in [-0.05, 0) is 66.1 Å². The highest BCUT2D eigenvalue weighted by molar-refractivity contribution is 7.97. The first-order valence-electron chi connectivity index (χ1n) is 16.2. The monoisotopic (exact) mass is 702 g/mol. The lowest BCUT2D eigenvalue weighted by Crippen LogP contribution is -2.50. The van der Waals surface area contributed by atoms with E-state index in [1.54, 1.807) is 0 Å². The second kappa shape index (κ2) is 21.6. The Balaban J connectivity index is 0.00000392. The van der Waals surface area contributed by atoms with Crippen LogP contribution in [-0.4, -0.2) is 65.0 Å². The van der Waals surface area contributed by atoms with Crippen molar-refractivity contribution in [1.82, 2.24) is 14.9 Å². The molecular formula is C35H51N4O7PS. The summed E-state index contributed by atoms with van der Waals surface area (Å²) >= 11 is 1.49. The number of ether oxygens (including phenoxy) is 1. The van der Waals surface area contributed by atoms with Crippen LogP contribution in [0.15, 0.2) is 89.8 Å². The average Bonchev–Trinajstić information content (AvgIpc) is 3.07. The molecule has 1 unspecified atom stereocenters. The smallest absolute Gasteiger partial charge is 0.453 e. The van der Waals surface area contributed by atoms with E-state index in [1.807, 2.05) is 98.8 Å². The van der Waals surface area contributed by atoms with Crippen LogP contribution in [0.25, 0.3) is 0 Å². The molecule has 0 fully saturated rings. The number of nitrogen functional groups attached to an aromatic ring is 1. The summed E-state index contributed by atoms with van der Waals surface area (Å²) in [5.74, 6) is -0.546. The number of nitrogens with two attached hydrogens (primary N) is 1. The molecule has 2 amide bonds. The first-order valence-corrected chi connectivity index (χ1v) is 18.5. The molecule has 0 saturated carbocycles. The van der Waals surface area contributed by atoms with E-state index in [9.17, 15) is 23.9 Å². The minimum atomic E-state index is -4.68. The Hall–Kier alpha value is -3.38. The molecule has 0 aliphatic carbocycles. The molecule has 6 N–H and O–H groups in total. The Bertz CT molecular complexity index is 1360. The third-order valence-corrected chi connectivity index (χ3v) is 8.80. The van der Waals surface area contributed by atoms with Gasteiger partial charge in [-0.1, -0.05) is 94.8 Å². The number of hydrogen-bond acceptors (Lipinski definition) is 8. The van der Waals surface area contributed by atoms with E-state index in [0.29, 0.717) is 38.0 Å². The predicted octanol–water partition coefficient (Wildman–Crippen LogP) is 6.58. The Kier molecular flexibility index (Phi) is 18.3. The highest BCUT2D eigenvalue weighted by Gasteiger charge is 2.33. The summed E-state index contributed by atoms with van der Waals surface area (Å²) in [6.45, 7) is 8.97. The minimum absolute atomic E-state index is 0.160. The van der Waals surface area contributed by atoms with Gasteiger partial charge in [-0.15, -0.1) is 0 Å². The predicted molar refractivity (Wildman–Crippen MR) is 192 cm³/mol. The Morgan fingerprint density at radius 3 is 1.98 bits per heavy atom. The van der Waals surface area contributed by atoms with Gasteiger partial charge in [0.05, 0.1) is 13.7 Å². The number of phosphoric ester groups is 1. The zero-order chi connectivity index (χ0) is 35.5. The third kappa shape index (κ3) is 14.8.